The van der Waals surface area contributed by atoms with Gasteiger partial charge in [0.25, 0.3) is 5.91 Å². The summed E-state index contributed by atoms with van der Waals surface area (Å²) in [5.74, 6) is -0.00861. The van der Waals surface area contributed by atoms with Gasteiger partial charge in [0.2, 0.25) is 0 Å². The molecule has 22 heavy (non-hydrogen) atoms. The second kappa shape index (κ2) is 6.00. The third-order valence-electron chi connectivity index (χ3n) is 3.87. The van der Waals surface area contributed by atoms with Gasteiger partial charge in [-0.05, 0) is 38.1 Å². The Hall–Kier alpha value is -2.02. The van der Waals surface area contributed by atoms with Gasteiger partial charge in [-0.3, -0.25) is 13.6 Å². The largest absolute Gasteiger partial charge is 0.336 e. The Morgan fingerprint density at radius 1 is 1.09 bits per heavy atom. The lowest BCUT2D eigenvalue weighted by atomic mass is 10.1. The molecule has 1 aromatic heterocycles. The Kier molecular flexibility index (Phi) is 4.06. The zero-order chi connectivity index (χ0) is 15.7. The van der Waals surface area contributed by atoms with Crippen molar-refractivity contribution in [2.45, 2.75) is 24.3 Å². The van der Waals surface area contributed by atoms with Crippen molar-refractivity contribution in [3.05, 3.63) is 42.5 Å². The van der Waals surface area contributed by atoms with Crippen molar-refractivity contribution in [2.24, 2.45) is 0 Å². The number of aromatic nitrogens is 3. The topological polar surface area (TPSA) is 68.1 Å². The highest BCUT2D eigenvalue weighted by molar-refractivity contribution is 7.86. The molecule has 3 rings (SSSR count). The van der Waals surface area contributed by atoms with E-state index in [1.54, 1.807) is 34.3 Å². The minimum absolute atomic E-state index is 0.00861. The monoisotopic (exact) mass is 318 g/mol. The minimum atomic E-state index is -0.858. The molecule has 0 spiro atoms. The smallest absolute Gasteiger partial charge is 0.253 e. The minimum Gasteiger partial charge on any atom is -0.336 e. The van der Waals surface area contributed by atoms with Crippen molar-refractivity contribution in [2.75, 3.05) is 13.1 Å². The highest BCUT2D eigenvalue weighted by Crippen LogP contribution is 2.18. The summed E-state index contributed by atoms with van der Waals surface area (Å²) in [5, 5.41) is 7.56. The number of benzene rings is 1. The fourth-order valence-electron chi connectivity index (χ4n) is 2.70. The lowest BCUT2D eigenvalue weighted by Gasteiger charge is -2.34. The van der Waals surface area contributed by atoms with E-state index < -0.39 is 10.8 Å². The predicted molar refractivity (Wildman–Crippen MR) is 84.3 cm³/mol. The van der Waals surface area contributed by atoms with Crippen LogP contribution in [0.5, 0.6) is 0 Å². The van der Waals surface area contributed by atoms with Gasteiger partial charge in [0.05, 0.1) is 0 Å². The molecule has 0 N–H and O–H groups in total. The van der Waals surface area contributed by atoms with Crippen LogP contribution in [0.4, 0.5) is 0 Å². The van der Waals surface area contributed by atoms with Crippen molar-refractivity contribution < 1.29 is 9.00 Å². The zero-order valence-electron chi connectivity index (χ0n) is 12.5. The number of hydrogen-bond donors (Lipinski definition) is 0. The Morgan fingerprint density at radius 3 is 2.18 bits per heavy atom. The van der Waals surface area contributed by atoms with Crippen molar-refractivity contribution in [3.63, 3.8) is 0 Å². The summed E-state index contributed by atoms with van der Waals surface area (Å²) in [4.78, 5) is 14.4. The molecule has 1 fully saturated rings. The highest BCUT2D eigenvalue weighted by atomic mass is 32.2. The molecular weight excluding hydrogens is 300 g/mol. The zero-order valence-corrected chi connectivity index (χ0v) is 13.4. The lowest BCUT2D eigenvalue weighted by Crippen LogP contribution is -2.49. The molecule has 7 heteroatoms. The van der Waals surface area contributed by atoms with Crippen LogP contribution in [0, 0.1) is 0 Å². The molecule has 2 heterocycles. The molecule has 2 atom stereocenters. The summed E-state index contributed by atoms with van der Waals surface area (Å²) in [6.45, 7) is 4.95. The van der Waals surface area contributed by atoms with E-state index in [0.717, 1.165) is 5.69 Å². The van der Waals surface area contributed by atoms with E-state index in [9.17, 15) is 9.00 Å². The third kappa shape index (κ3) is 2.81. The van der Waals surface area contributed by atoms with Gasteiger partial charge in [0.1, 0.15) is 12.7 Å². The van der Waals surface area contributed by atoms with Crippen LogP contribution in [-0.4, -0.2) is 53.4 Å². The second-order valence-electron chi connectivity index (χ2n) is 5.58. The van der Waals surface area contributed by atoms with Gasteiger partial charge < -0.3 is 4.90 Å². The summed E-state index contributed by atoms with van der Waals surface area (Å²) < 4.78 is 13.7. The SMILES string of the molecule is CC1CN(C(=O)c2ccc(-n3cnnc3)cc2)CC(C)S1=O. The van der Waals surface area contributed by atoms with Crippen molar-refractivity contribution >= 4 is 16.7 Å². The lowest BCUT2D eigenvalue weighted by molar-refractivity contribution is 0.0751. The van der Waals surface area contributed by atoms with Gasteiger partial charge in [0.15, 0.2) is 0 Å². The first-order valence-corrected chi connectivity index (χ1v) is 8.47. The third-order valence-corrected chi connectivity index (χ3v) is 5.75. The van der Waals surface area contributed by atoms with E-state index in [-0.39, 0.29) is 16.4 Å². The van der Waals surface area contributed by atoms with Gasteiger partial charge in [-0.1, -0.05) is 0 Å². The average molecular weight is 318 g/mol. The number of amides is 1. The van der Waals surface area contributed by atoms with Crippen LogP contribution in [0.2, 0.25) is 0 Å². The average Bonchev–Trinajstić information content (AvgIpc) is 3.06. The maximum absolute atomic E-state index is 12.6. The molecule has 0 bridgehead atoms. The van der Waals surface area contributed by atoms with E-state index in [0.29, 0.717) is 18.7 Å². The van der Waals surface area contributed by atoms with E-state index in [2.05, 4.69) is 10.2 Å². The van der Waals surface area contributed by atoms with Gasteiger partial charge >= 0.3 is 0 Å². The molecule has 2 aromatic rings. The van der Waals surface area contributed by atoms with E-state index in [4.69, 9.17) is 0 Å². The Morgan fingerprint density at radius 2 is 1.64 bits per heavy atom. The second-order valence-corrected chi connectivity index (χ2v) is 7.84. The fourth-order valence-corrected chi connectivity index (χ4v) is 4.14. The Bertz CT molecular complexity index is 670. The predicted octanol–water partition coefficient (Wildman–Crippen LogP) is 1.25. The Labute approximate surface area is 131 Å². The van der Waals surface area contributed by atoms with E-state index in [1.807, 2.05) is 26.0 Å². The number of rotatable bonds is 2. The maximum atomic E-state index is 12.6. The quantitative estimate of drug-likeness (QED) is 0.836. The van der Waals surface area contributed by atoms with Gasteiger partial charge in [0, 0.05) is 45.6 Å². The molecule has 0 aliphatic carbocycles. The van der Waals surface area contributed by atoms with Crippen molar-refractivity contribution in [1.82, 2.24) is 19.7 Å². The standard InChI is InChI=1S/C15H18N4O2S/c1-11-7-18(8-12(2)22(11)21)15(20)13-3-5-14(6-4-13)19-9-16-17-10-19/h3-6,9-12H,7-8H2,1-2H3. The molecule has 1 aromatic carbocycles. The molecule has 0 radical (unpaired) electrons. The molecule has 1 saturated heterocycles. The van der Waals surface area contributed by atoms with Gasteiger partial charge in [-0.25, -0.2) is 0 Å². The summed E-state index contributed by atoms with van der Waals surface area (Å²) in [5.41, 5.74) is 1.55. The molecule has 116 valence electrons. The first kappa shape index (κ1) is 14.9. The molecule has 2 unspecified atom stereocenters. The summed E-state index contributed by atoms with van der Waals surface area (Å²) in [6.07, 6.45) is 3.22. The highest BCUT2D eigenvalue weighted by Gasteiger charge is 2.31. The van der Waals surface area contributed by atoms with Crippen molar-refractivity contribution in [3.8, 4) is 5.69 Å². The van der Waals surface area contributed by atoms with Crippen LogP contribution < -0.4 is 0 Å². The van der Waals surface area contributed by atoms with Crippen LogP contribution >= 0.6 is 0 Å². The molecule has 1 aliphatic rings. The summed E-state index contributed by atoms with van der Waals surface area (Å²) in [6, 6.07) is 7.34. The molecule has 6 nitrogen and oxygen atoms in total. The van der Waals surface area contributed by atoms with Crippen LogP contribution in [0.1, 0.15) is 24.2 Å². The van der Waals surface area contributed by atoms with Crippen LogP contribution in [0.25, 0.3) is 5.69 Å². The molecule has 1 amide bonds. The fraction of sp³-hybridized carbons (Fsp3) is 0.400. The van der Waals surface area contributed by atoms with E-state index in [1.165, 1.54) is 0 Å². The van der Waals surface area contributed by atoms with Crippen LogP contribution in [0.3, 0.4) is 0 Å². The first-order valence-electron chi connectivity index (χ1n) is 7.20. The summed E-state index contributed by atoms with van der Waals surface area (Å²) in [7, 11) is -0.858. The number of carbonyl (C=O) groups excluding carboxylic acids is 1. The molecular formula is C15H18N4O2S. The van der Waals surface area contributed by atoms with Crippen molar-refractivity contribution in [1.29, 1.82) is 0 Å². The first-order chi connectivity index (χ1) is 10.6. The van der Waals surface area contributed by atoms with Gasteiger partial charge in [-0.2, -0.15) is 0 Å². The molecule has 0 saturated carbocycles. The van der Waals surface area contributed by atoms with Crippen LogP contribution in [-0.2, 0) is 10.8 Å². The maximum Gasteiger partial charge on any atom is 0.253 e. The summed E-state index contributed by atoms with van der Waals surface area (Å²) >= 11 is 0. The van der Waals surface area contributed by atoms with Gasteiger partial charge in [-0.15, -0.1) is 10.2 Å². The number of nitrogens with zero attached hydrogens (tertiary/aromatic N) is 4. The van der Waals surface area contributed by atoms with Crippen LogP contribution in [0.15, 0.2) is 36.9 Å². The Balaban J connectivity index is 1.76. The van der Waals surface area contributed by atoms with E-state index >= 15 is 0 Å². The normalized spacial score (nSPS) is 25.2. The number of carbonyl (C=O) groups is 1. The number of hydrogen-bond acceptors (Lipinski definition) is 4. The molecule has 1 aliphatic heterocycles.